The lowest BCUT2D eigenvalue weighted by Crippen LogP contribution is -2.50. The van der Waals surface area contributed by atoms with Crippen molar-refractivity contribution < 1.29 is 23.4 Å². The number of aliphatic hydroxyl groups excluding tert-OH is 1. The molecule has 0 bridgehead atoms. The monoisotopic (exact) mass is 348 g/mol. The van der Waals surface area contributed by atoms with Crippen LogP contribution in [0.15, 0.2) is 0 Å². The van der Waals surface area contributed by atoms with Crippen LogP contribution in [0, 0.1) is 0 Å². The number of hydrogen-bond donors (Lipinski definition) is 2. The molecule has 3 fully saturated rings. The Bertz CT molecular complexity index is 403. The van der Waals surface area contributed by atoms with Gasteiger partial charge in [-0.2, -0.15) is 0 Å². The highest BCUT2D eigenvalue weighted by molar-refractivity contribution is 4.95. The minimum absolute atomic E-state index is 0.0552. The maximum Gasteiger partial charge on any atom is 0.248 e. The Morgan fingerprint density at radius 2 is 2.04 bits per heavy atom. The van der Waals surface area contributed by atoms with Crippen LogP contribution >= 0.6 is 0 Å². The Hall–Kier alpha value is -0.340. The van der Waals surface area contributed by atoms with Gasteiger partial charge >= 0.3 is 0 Å². The molecule has 0 aromatic carbocycles. The second-order valence-electron chi connectivity index (χ2n) is 7.51. The van der Waals surface area contributed by atoms with E-state index in [1.807, 2.05) is 0 Å². The summed E-state index contributed by atoms with van der Waals surface area (Å²) in [6.45, 7) is 2.87. The normalized spacial score (nSPS) is 38.0. The minimum atomic E-state index is -2.52. The lowest BCUT2D eigenvalue weighted by Gasteiger charge is -2.32. The lowest BCUT2D eigenvalue weighted by molar-refractivity contribution is -0.0422. The molecule has 7 heteroatoms. The molecule has 0 unspecified atom stereocenters. The number of nitrogens with zero attached hydrogens (tertiary/aromatic N) is 1. The first-order chi connectivity index (χ1) is 11.5. The Balaban J connectivity index is 1.46. The molecule has 24 heavy (non-hydrogen) atoms. The summed E-state index contributed by atoms with van der Waals surface area (Å²) in [5.41, 5.74) is 0. The van der Waals surface area contributed by atoms with Gasteiger partial charge in [-0.15, -0.1) is 0 Å². The van der Waals surface area contributed by atoms with E-state index in [1.54, 1.807) is 7.11 Å². The summed E-state index contributed by atoms with van der Waals surface area (Å²) in [7, 11) is 1.71. The van der Waals surface area contributed by atoms with E-state index in [2.05, 4.69) is 10.2 Å². The third-order valence-electron chi connectivity index (χ3n) is 5.72. The van der Waals surface area contributed by atoms with Gasteiger partial charge in [0.15, 0.2) is 0 Å². The van der Waals surface area contributed by atoms with Crippen molar-refractivity contribution >= 4 is 0 Å². The van der Waals surface area contributed by atoms with Crippen LogP contribution in [0.3, 0.4) is 0 Å². The quantitative estimate of drug-likeness (QED) is 0.760. The molecule has 2 N–H and O–H groups in total. The summed E-state index contributed by atoms with van der Waals surface area (Å²) in [6.07, 6.45) is 2.25. The number of ether oxygens (including phenoxy) is 2. The van der Waals surface area contributed by atoms with Crippen molar-refractivity contribution in [3.63, 3.8) is 0 Å². The molecule has 0 radical (unpaired) electrons. The third kappa shape index (κ3) is 4.43. The smallest absolute Gasteiger partial charge is 0.248 e. The summed E-state index contributed by atoms with van der Waals surface area (Å²) >= 11 is 0. The van der Waals surface area contributed by atoms with Gasteiger partial charge in [-0.3, -0.25) is 4.90 Å². The molecule has 140 valence electrons. The first-order valence-corrected chi connectivity index (χ1v) is 9.15. The first-order valence-electron chi connectivity index (χ1n) is 9.15. The highest BCUT2D eigenvalue weighted by Gasteiger charge is 2.41. The highest BCUT2D eigenvalue weighted by atomic mass is 19.3. The first kappa shape index (κ1) is 18.5. The van der Waals surface area contributed by atoms with Crippen LogP contribution < -0.4 is 5.32 Å². The predicted molar refractivity (Wildman–Crippen MR) is 86.3 cm³/mol. The van der Waals surface area contributed by atoms with Crippen LogP contribution in [0.4, 0.5) is 8.78 Å². The molecule has 1 saturated carbocycles. The SMILES string of the molecule is COC[C@H]1CCCN1C[C@@H]1OC[C@H](NC2CCC(F)(F)CC2)[C@H]1O. The van der Waals surface area contributed by atoms with Crippen molar-refractivity contribution in [2.24, 2.45) is 0 Å². The van der Waals surface area contributed by atoms with Crippen LogP contribution in [0.1, 0.15) is 38.5 Å². The van der Waals surface area contributed by atoms with Crippen LogP contribution in [-0.4, -0.2) is 79.7 Å². The topological polar surface area (TPSA) is 54.0 Å². The van der Waals surface area contributed by atoms with Gasteiger partial charge in [0.05, 0.1) is 31.5 Å². The number of nitrogens with one attached hydrogen (secondary N) is 1. The molecule has 3 aliphatic rings. The lowest BCUT2D eigenvalue weighted by atomic mass is 9.91. The summed E-state index contributed by atoms with van der Waals surface area (Å²) in [5, 5.41) is 13.9. The average molecular weight is 348 g/mol. The average Bonchev–Trinajstić information content (AvgIpc) is 3.11. The second-order valence-corrected chi connectivity index (χ2v) is 7.51. The largest absolute Gasteiger partial charge is 0.389 e. The molecule has 0 amide bonds. The summed E-state index contributed by atoms with van der Waals surface area (Å²) in [6, 6.07) is 0.299. The summed E-state index contributed by atoms with van der Waals surface area (Å²) < 4.78 is 37.6. The van der Waals surface area contributed by atoms with Gasteiger partial charge in [-0.05, 0) is 32.2 Å². The van der Waals surface area contributed by atoms with E-state index < -0.39 is 12.0 Å². The van der Waals surface area contributed by atoms with Gasteiger partial charge in [0, 0.05) is 38.6 Å². The molecule has 0 spiro atoms. The molecule has 3 rings (SSSR count). The highest BCUT2D eigenvalue weighted by Crippen LogP contribution is 2.33. The van der Waals surface area contributed by atoms with E-state index in [0.717, 1.165) is 19.4 Å². The van der Waals surface area contributed by atoms with Gasteiger partial charge in [-0.25, -0.2) is 8.78 Å². The van der Waals surface area contributed by atoms with Crippen molar-refractivity contribution in [3.05, 3.63) is 0 Å². The maximum atomic E-state index is 13.2. The van der Waals surface area contributed by atoms with E-state index in [1.165, 1.54) is 0 Å². The second kappa shape index (κ2) is 7.91. The zero-order valence-electron chi connectivity index (χ0n) is 14.4. The fraction of sp³-hybridized carbons (Fsp3) is 1.00. The number of alkyl halides is 2. The van der Waals surface area contributed by atoms with Gasteiger partial charge in [0.25, 0.3) is 0 Å². The standard InChI is InChI=1S/C17H30F2N2O3/c1-23-10-13-3-2-8-21(13)9-15-16(22)14(11-24-15)20-12-4-6-17(18,19)7-5-12/h12-16,20,22H,2-11H2,1H3/t13-,14+,15+,16-/m1/s1. The zero-order valence-corrected chi connectivity index (χ0v) is 14.4. The number of likely N-dealkylation sites (tertiary alicyclic amines) is 1. The van der Waals surface area contributed by atoms with Gasteiger partial charge in [0.1, 0.15) is 0 Å². The van der Waals surface area contributed by atoms with Crippen LogP contribution in [0.25, 0.3) is 0 Å². The number of rotatable bonds is 6. The van der Waals surface area contributed by atoms with Crippen molar-refractivity contribution in [2.45, 2.75) is 74.8 Å². The zero-order chi connectivity index (χ0) is 17.2. The maximum absolute atomic E-state index is 13.2. The fourth-order valence-electron chi connectivity index (χ4n) is 4.25. The molecule has 2 heterocycles. The summed E-state index contributed by atoms with van der Waals surface area (Å²) in [5.74, 6) is -2.52. The number of methoxy groups -OCH3 is 1. The minimum Gasteiger partial charge on any atom is -0.389 e. The molecule has 5 nitrogen and oxygen atoms in total. The molecule has 2 saturated heterocycles. The predicted octanol–water partition coefficient (Wildman–Crippen LogP) is 1.39. The molecule has 1 aliphatic carbocycles. The van der Waals surface area contributed by atoms with Crippen molar-refractivity contribution in [1.82, 2.24) is 10.2 Å². The Morgan fingerprint density at radius 3 is 2.75 bits per heavy atom. The van der Waals surface area contributed by atoms with Gasteiger partial charge < -0.3 is 19.9 Å². The van der Waals surface area contributed by atoms with E-state index in [9.17, 15) is 13.9 Å². The van der Waals surface area contributed by atoms with Gasteiger partial charge in [0.2, 0.25) is 5.92 Å². The Morgan fingerprint density at radius 1 is 1.29 bits per heavy atom. The van der Waals surface area contributed by atoms with Crippen molar-refractivity contribution in [3.8, 4) is 0 Å². The Kier molecular flexibility index (Phi) is 6.08. The van der Waals surface area contributed by atoms with Crippen LogP contribution in [0.5, 0.6) is 0 Å². The van der Waals surface area contributed by atoms with E-state index >= 15 is 0 Å². The van der Waals surface area contributed by atoms with Crippen LogP contribution in [-0.2, 0) is 9.47 Å². The van der Waals surface area contributed by atoms with Crippen molar-refractivity contribution in [2.75, 3.05) is 33.4 Å². The van der Waals surface area contributed by atoms with E-state index in [4.69, 9.17) is 9.47 Å². The Labute approximate surface area is 142 Å². The van der Waals surface area contributed by atoms with E-state index in [0.29, 0.717) is 38.6 Å². The summed E-state index contributed by atoms with van der Waals surface area (Å²) in [4.78, 5) is 2.33. The van der Waals surface area contributed by atoms with Crippen LogP contribution in [0.2, 0.25) is 0 Å². The van der Waals surface area contributed by atoms with E-state index in [-0.39, 0.29) is 31.0 Å². The molecule has 2 aliphatic heterocycles. The number of hydrogen-bond acceptors (Lipinski definition) is 5. The molecule has 0 aromatic rings. The number of aliphatic hydroxyl groups is 1. The molecular weight excluding hydrogens is 318 g/mol. The van der Waals surface area contributed by atoms with Gasteiger partial charge in [-0.1, -0.05) is 0 Å². The van der Waals surface area contributed by atoms with Crippen molar-refractivity contribution in [1.29, 1.82) is 0 Å². The third-order valence-corrected chi connectivity index (χ3v) is 5.72. The number of halogens is 2. The fourth-order valence-corrected chi connectivity index (χ4v) is 4.25. The molecule has 0 aromatic heterocycles. The molecule has 4 atom stereocenters. The molecular formula is C17H30F2N2O3.